The number of rotatable bonds is 5. The minimum Gasteiger partial charge on any atom is -0.452 e. The van der Waals surface area contributed by atoms with Crippen LogP contribution in [0.4, 0.5) is 10.5 Å². The second kappa shape index (κ2) is 10.0. The summed E-state index contributed by atoms with van der Waals surface area (Å²) < 4.78 is 4.96. The molecule has 29 heavy (non-hydrogen) atoms. The van der Waals surface area contributed by atoms with Crippen molar-refractivity contribution in [1.82, 2.24) is 10.6 Å². The van der Waals surface area contributed by atoms with Crippen molar-refractivity contribution in [2.45, 2.75) is 58.9 Å². The molecule has 1 fully saturated rings. The van der Waals surface area contributed by atoms with Gasteiger partial charge in [-0.25, -0.2) is 9.59 Å². The van der Waals surface area contributed by atoms with E-state index in [1.165, 1.54) is 12.1 Å². The molecule has 1 aromatic rings. The average molecular weight is 403 g/mol. The highest BCUT2D eigenvalue weighted by atomic mass is 16.5. The topological polar surface area (TPSA) is 114 Å². The van der Waals surface area contributed by atoms with Crippen molar-refractivity contribution in [2.75, 3.05) is 11.9 Å². The number of urea groups is 1. The van der Waals surface area contributed by atoms with Crippen molar-refractivity contribution >= 4 is 29.5 Å². The molecule has 8 nitrogen and oxygen atoms in total. The summed E-state index contributed by atoms with van der Waals surface area (Å²) in [5.74, 6) is -1.62. The molecule has 0 aromatic heterocycles. The van der Waals surface area contributed by atoms with Crippen LogP contribution >= 0.6 is 0 Å². The number of benzene rings is 1. The molecule has 0 radical (unpaired) electrons. The van der Waals surface area contributed by atoms with Crippen molar-refractivity contribution in [3.63, 3.8) is 0 Å². The number of imide groups is 1. The maximum Gasteiger partial charge on any atom is 0.338 e. The fourth-order valence-electron chi connectivity index (χ4n) is 2.89. The van der Waals surface area contributed by atoms with Gasteiger partial charge in [-0.15, -0.1) is 0 Å². The van der Waals surface area contributed by atoms with Crippen LogP contribution in [0, 0.1) is 5.41 Å². The Hall–Kier alpha value is -2.90. The van der Waals surface area contributed by atoms with Crippen LogP contribution in [-0.4, -0.2) is 36.5 Å². The number of ether oxygens (including phenoxy) is 1. The normalized spacial score (nSPS) is 14.6. The summed E-state index contributed by atoms with van der Waals surface area (Å²) in [6, 6.07) is 5.74. The molecule has 0 spiro atoms. The van der Waals surface area contributed by atoms with Gasteiger partial charge in [0.15, 0.2) is 6.61 Å². The number of amides is 4. The van der Waals surface area contributed by atoms with Crippen molar-refractivity contribution in [1.29, 1.82) is 0 Å². The van der Waals surface area contributed by atoms with Crippen LogP contribution in [0.3, 0.4) is 0 Å². The van der Waals surface area contributed by atoms with E-state index < -0.39 is 29.9 Å². The maximum absolute atomic E-state index is 12.2. The molecule has 158 valence electrons. The lowest BCUT2D eigenvalue weighted by atomic mass is 9.95. The molecule has 4 amide bonds. The summed E-state index contributed by atoms with van der Waals surface area (Å²) in [6.45, 7) is 4.77. The first-order valence-corrected chi connectivity index (χ1v) is 9.84. The minimum atomic E-state index is -0.723. The van der Waals surface area contributed by atoms with Gasteiger partial charge in [0.25, 0.3) is 5.91 Å². The fraction of sp³-hybridized carbons (Fsp3) is 0.524. The largest absolute Gasteiger partial charge is 0.452 e. The van der Waals surface area contributed by atoms with Crippen molar-refractivity contribution in [2.24, 2.45) is 5.41 Å². The van der Waals surface area contributed by atoms with E-state index in [1.54, 1.807) is 32.9 Å². The van der Waals surface area contributed by atoms with E-state index in [4.69, 9.17) is 4.74 Å². The van der Waals surface area contributed by atoms with Gasteiger partial charge in [-0.05, 0) is 31.0 Å². The second-order valence-electron chi connectivity index (χ2n) is 8.22. The zero-order valence-corrected chi connectivity index (χ0v) is 17.2. The van der Waals surface area contributed by atoms with Crippen molar-refractivity contribution in [3.05, 3.63) is 29.8 Å². The average Bonchev–Trinajstić information content (AvgIpc) is 2.66. The SMILES string of the molecule is CC(C)(C)C(=O)Nc1cccc(C(=O)OCC(=O)NC(=O)NC2CCCCC2)c1. The summed E-state index contributed by atoms with van der Waals surface area (Å²) in [5, 5.41) is 7.65. The molecule has 0 unspecified atom stereocenters. The summed E-state index contributed by atoms with van der Waals surface area (Å²) in [5.41, 5.74) is 0.0686. The standard InChI is InChI=1S/C21H29N3O5/c1-21(2,3)19(27)22-16-11-7-8-14(12-16)18(26)29-13-17(25)24-20(28)23-15-9-5-4-6-10-15/h7-8,11-12,15H,4-6,9-10,13H2,1-3H3,(H,22,27)(H2,23,24,25,28). The maximum atomic E-state index is 12.2. The molecular weight excluding hydrogens is 374 g/mol. The van der Waals surface area contributed by atoms with Gasteiger partial charge in [0.2, 0.25) is 5.91 Å². The Balaban J connectivity index is 1.80. The number of hydrogen-bond acceptors (Lipinski definition) is 5. The molecule has 1 aliphatic rings. The number of hydrogen-bond donors (Lipinski definition) is 3. The number of esters is 1. The monoisotopic (exact) mass is 403 g/mol. The van der Waals surface area contributed by atoms with Gasteiger partial charge in [0, 0.05) is 17.1 Å². The Labute approximate surface area is 170 Å². The summed E-state index contributed by atoms with van der Waals surface area (Å²) >= 11 is 0. The lowest BCUT2D eigenvalue weighted by molar-refractivity contribution is -0.123. The number of carbonyl (C=O) groups is 4. The molecule has 0 bridgehead atoms. The summed E-state index contributed by atoms with van der Waals surface area (Å²) in [4.78, 5) is 47.9. The minimum absolute atomic E-state index is 0.0742. The number of carbonyl (C=O) groups excluding carboxylic acids is 4. The first-order chi connectivity index (χ1) is 13.6. The Bertz CT molecular complexity index is 764. The van der Waals surface area contributed by atoms with Gasteiger partial charge in [0.1, 0.15) is 0 Å². The summed E-state index contributed by atoms with van der Waals surface area (Å²) in [7, 11) is 0. The molecule has 0 aliphatic heterocycles. The highest BCUT2D eigenvalue weighted by Crippen LogP contribution is 2.19. The third-order valence-electron chi connectivity index (χ3n) is 4.57. The lowest BCUT2D eigenvalue weighted by Crippen LogP contribution is -2.46. The fourth-order valence-corrected chi connectivity index (χ4v) is 2.89. The van der Waals surface area contributed by atoms with Gasteiger partial charge in [-0.2, -0.15) is 0 Å². The smallest absolute Gasteiger partial charge is 0.338 e. The predicted molar refractivity (Wildman–Crippen MR) is 108 cm³/mol. The quantitative estimate of drug-likeness (QED) is 0.654. The van der Waals surface area contributed by atoms with E-state index >= 15 is 0 Å². The zero-order chi connectivity index (χ0) is 21.4. The molecule has 3 N–H and O–H groups in total. The first-order valence-electron chi connectivity index (χ1n) is 9.84. The van der Waals surface area contributed by atoms with E-state index in [1.807, 2.05) is 0 Å². The van der Waals surface area contributed by atoms with Crippen LogP contribution in [0.1, 0.15) is 63.2 Å². The predicted octanol–water partition coefficient (Wildman–Crippen LogP) is 2.99. The molecule has 1 saturated carbocycles. The molecule has 1 aliphatic carbocycles. The van der Waals surface area contributed by atoms with Crippen LogP contribution < -0.4 is 16.0 Å². The lowest BCUT2D eigenvalue weighted by Gasteiger charge is -2.22. The highest BCUT2D eigenvalue weighted by molar-refractivity contribution is 5.98. The third-order valence-corrected chi connectivity index (χ3v) is 4.57. The molecule has 0 saturated heterocycles. The van der Waals surface area contributed by atoms with Gasteiger partial charge < -0.3 is 15.4 Å². The Morgan fingerprint density at radius 2 is 1.76 bits per heavy atom. The summed E-state index contributed by atoms with van der Waals surface area (Å²) in [6.07, 6.45) is 5.09. The van der Waals surface area contributed by atoms with Gasteiger partial charge >= 0.3 is 12.0 Å². The molecule has 0 heterocycles. The van der Waals surface area contributed by atoms with Crippen molar-refractivity contribution < 1.29 is 23.9 Å². The van der Waals surface area contributed by atoms with Gasteiger partial charge in [-0.3, -0.25) is 14.9 Å². The van der Waals surface area contributed by atoms with Crippen LogP contribution in [0.15, 0.2) is 24.3 Å². The van der Waals surface area contributed by atoms with Gasteiger partial charge in [0.05, 0.1) is 5.56 Å². The van der Waals surface area contributed by atoms with Crippen LogP contribution in [0.2, 0.25) is 0 Å². The Morgan fingerprint density at radius 1 is 1.07 bits per heavy atom. The molecule has 8 heteroatoms. The number of nitrogens with one attached hydrogen (secondary N) is 3. The first kappa shape index (κ1) is 22.4. The second-order valence-corrected chi connectivity index (χ2v) is 8.22. The van der Waals surface area contributed by atoms with E-state index in [-0.39, 0.29) is 17.5 Å². The molecule has 0 atom stereocenters. The van der Waals surface area contributed by atoms with E-state index in [2.05, 4.69) is 16.0 Å². The third kappa shape index (κ3) is 7.56. The molecule has 2 rings (SSSR count). The zero-order valence-electron chi connectivity index (χ0n) is 17.2. The van der Waals surface area contributed by atoms with Crippen LogP contribution in [-0.2, 0) is 14.3 Å². The van der Waals surface area contributed by atoms with E-state index in [0.717, 1.165) is 32.1 Å². The van der Waals surface area contributed by atoms with Crippen LogP contribution in [0.5, 0.6) is 0 Å². The highest BCUT2D eigenvalue weighted by Gasteiger charge is 2.22. The molecule has 1 aromatic carbocycles. The van der Waals surface area contributed by atoms with Crippen molar-refractivity contribution in [3.8, 4) is 0 Å². The Kier molecular flexibility index (Phi) is 7.75. The Morgan fingerprint density at radius 3 is 2.41 bits per heavy atom. The van der Waals surface area contributed by atoms with E-state index in [0.29, 0.717) is 5.69 Å². The van der Waals surface area contributed by atoms with E-state index in [9.17, 15) is 19.2 Å². The number of anilines is 1. The van der Waals surface area contributed by atoms with Gasteiger partial charge in [-0.1, -0.05) is 46.1 Å². The van der Waals surface area contributed by atoms with Crippen LogP contribution in [0.25, 0.3) is 0 Å². The molecular formula is C21H29N3O5.